The van der Waals surface area contributed by atoms with E-state index in [1.807, 2.05) is 24.3 Å². The number of fused-ring (bicyclic) bond motifs is 1. The quantitative estimate of drug-likeness (QED) is 0.205. The van der Waals surface area contributed by atoms with E-state index in [1.165, 1.54) is 12.1 Å². The van der Waals surface area contributed by atoms with Gasteiger partial charge in [-0.15, -0.1) is 0 Å². The second-order valence-corrected chi connectivity index (χ2v) is 11.4. The molecular formula is C31H27ClN4O5S. The lowest BCUT2D eigenvalue weighted by molar-refractivity contribution is -0.115. The van der Waals surface area contributed by atoms with Crippen molar-refractivity contribution in [2.24, 2.45) is 0 Å². The molecule has 11 heteroatoms. The number of carbonyl (C=O) groups excluding carboxylic acids is 1. The van der Waals surface area contributed by atoms with Crippen molar-refractivity contribution in [3.8, 4) is 11.5 Å². The lowest BCUT2D eigenvalue weighted by Gasteiger charge is -2.14. The number of benzene rings is 4. The summed E-state index contributed by atoms with van der Waals surface area (Å²) in [5.41, 5.74) is 3.34. The number of hydrogen-bond acceptors (Lipinski definition) is 7. The minimum absolute atomic E-state index is 0.0417. The van der Waals surface area contributed by atoms with Crippen LogP contribution in [0.3, 0.4) is 0 Å². The third-order valence-corrected chi connectivity index (χ3v) is 8.10. The predicted molar refractivity (Wildman–Crippen MR) is 163 cm³/mol. The average molecular weight is 603 g/mol. The Hall–Kier alpha value is -4.67. The van der Waals surface area contributed by atoms with Crippen molar-refractivity contribution >= 4 is 50.1 Å². The van der Waals surface area contributed by atoms with Crippen molar-refractivity contribution in [1.82, 2.24) is 9.97 Å². The summed E-state index contributed by atoms with van der Waals surface area (Å²) in [4.78, 5) is 21.9. The van der Waals surface area contributed by atoms with Crippen molar-refractivity contribution < 1.29 is 22.7 Å². The molecule has 5 aromatic rings. The Morgan fingerprint density at radius 1 is 0.833 bits per heavy atom. The number of hydrogen-bond donors (Lipinski definition) is 2. The van der Waals surface area contributed by atoms with Crippen LogP contribution in [0, 0.1) is 0 Å². The molecule has 0 aliphatic rings. The lowest BCUT2D eigenvalue weighted by Crippen LogP contribution is -2.18. The van der Waals surface area contributed by atoms with E-state index in [9.17, 15) is 13.2 Å². The van der Waals surface area contributed by atoms with Crippen molar-refractivity contribution in [3.63, 3.8) is 0 Å². The molecule has 0 fully saturated rings. The van der Waals surface area contributed by atoms with Crippen molar-refractivity contribution in [1.29, 1.82) is 0 Å². The van der Waals surface area contributed by atoms with Gasteiger partial charge in [0.2, 0.25) is 5.91 Å². The zero-order chi connectivity index (χ0) is 29.7. The Balaban J connectivity index is 1.43. The Morgan fingerprint density at radius 2 is 1.50 bits per heavy atom. The smallest absolute Gasteiger partial charge is 0.263 e. The van der Waals surface area contributed by atoms with Crippen LogP contribution in [-0.4, -0.2) is 38.5 Å². The van der Waals surface area contributed by atoms with E-state index in [2.05, 4.69) is 15.0 Å². The highest BCUT2D eigenvalue weighted by Gasteiger charge is 2.20. The van der Waals surface area contributed by atoms with Crippen LogP contribution < -0.4 is 19.5 Å². The van der Waals surface area contributed by atoms with Crippen LogP contribution in [0.2, 0.25) is 5.02 Å². The van der Waals surface area contributed by atoms with Gasteiger partial charge in [0.25, 0.3) is 10.0 Å². The fourth-order valence-electron chi connectivity index (χ4n) is 4.35. The van der Waals surface area contributed by atoms with E-state index in [1.54, 1.807) is 68.8 Å². The summed E-state index contributed by atoms with van der Waals surface area (Å²) in [5.74, 6) is 0.938. The first-order valence-corrected chi connectivity index (χ1v) is 14.7. The summed E-state index contributed by atoms with van der Waals surface area (Å²) in [5, 5.41) is 3.22. The number of amides is 1. The third-order valence-electron chi connectivity index (χ3n) is 6.39. The molecule has 0 radical (unpaired) electrons. The van der Waals surface area contributed by atoms with Crippen LogP contribution in [0.5, 0.6) is 11.5 Å². The van der Waals surface area contributed by atoms with Crippen LogP contribution >= 0.6 is 11.6 Å². The van der Waals surface area contributed by atoms with E-state index in [0.29, 0.717) is 44.5 Å². The molecule has 4 aromatic carbocycles. The van der Waals surface area contributed by atoms with Gasteiger partial charge in [-0.3, -0.25) is 9.52 Å². The number of anilines is 2. The molecular weight excluding hydrogens is 576 g/mol. The number of halogens is 1. The summed E-state index contributed by atoms with van der Waals surface area (Å²) in [6.45, 7) is 0. The minimum atomic E-state index is -4.12. The van der Waals surface area contributed by atoms with Crippen LogP contribution in [0.15, 0.2) is 95.9 Å². The van der Waals surface area contributed by atoms with Gasteiger partial charge in [0.15, 0.2) is 5.82 Å². The number of carbonyl (C=O) groups is 1. The third kappa shape index (κ3) is 6.79. The molecule has 0 bridgehead atoms. The van der Waals surface area contributed by atoms with Gasteiger partial charge in [0.1, 0.15) is 11.5 Å². The molecule has 42 heavy (non-hydrogen) atoms. The molecule has 0 spiro atoms. The fourth-order valence-corrected chi connectivity index (χ4v) is 5.63. The maximum Gasteiger partial charge on any atom is 0.263 e. The van der Waals surface area contributed by atoms with E-state index in [0.717, 1.165) is 5.56 Å². The number of para-hydroxylation sites is 2. The minimum Gasteiger partial charge on any atom is -0.497 e. The summed E-state index contributed by atoms with van der Waals surface area (Å²) in [6.07, 6.45) is 0.293. The molecule has 2 N–H and O–H groups in total. The molecule has 0 atom stereocenters. The molecule has 214 valence electrons. The number of nitrogens with one attached hydrogen (secondary N) is 2. The first-order chi connectivity index (χ1) is 20.2. The predicted octanol–water partition coefficient (Wildman–Crippen LogP) is 5.87. The summed E-state index contributed by atoms with van der Waals surface area (Å²) >= 11 is 6.17. The van der Waals surface area contributed by atoms with Crippen molar-refractivity contribution in [3.05, 3.63) is 113 Å². The highest BCUT2D eigenvalue weighted by molar-refractivity contribution is 7.92. The SMILES string of the molecule is COc1cc(Cc2nc3ccccc3nc2NS(=O)(=O)c2cccc(NC(=O)Cc3ccccc3Cl)c2)cc(OC)c1. The average Bonchev–Trinajstić information content (AvgIpc) is 2.98. The second-order valence-electron chi connectivity index (χ2n) is 9.36. The summed E-state index contributed by atoms with van der Waals surface area (Å²) in [6, 6.07) is 25.6. The highest BCUT2D eigenvalue weighted by atomic mass is 35.5. The number of aromatic nitrogens is 2. The lowest BCUT2D eigenvalue weighted by atomic mass is 10.1. The Kier molecular flexibility index (Phi) is 8.56. The Bertz CT molecular complexity index is 1860. The number of rotatable bonds is 10. The summed E-state index contributed by atoms with van der Waals surface area (Å²) in [7, 11) is -1.01. The number of methoxy groups -OCH3 is 2. The molecule has 9 nitrogen and oxygen atoms in total. The normalized spacial score (nSPS) is 11.2. The number of sulfonamides is 1. The first-order valence-electron chi connectivity index (χ1n) is 12.9. The van der Waals surface area contributed by atoms with E-state index in [-0.39, 0.29) is 29.5 Å². The van der Waals surface area contributed by atoms with Gasteiger partial charge < -0.3 is 14.8 Å². The monoisotopic (exact) mass is 602 g/mol. The number of ether oxygens (including phenoxy) is 2. The first kappa shape index (κ1) is 28.8. The van der Waals surface area contributed by atoms with Crippen molar-refractivity contribution in [2.75, 3.05) is 24.3 Å². The maximum atomic E-state index is 13.6. The molecule has 0 aliphatic heterocycles. The maximum absolute atomic E-state index is 13.6. The standard InChI is InChI=1S/C31H27ClN4O5S/c1-40-23-14-20(15-24(19-23)41-2)16-29-31(35-28-13-6-5-12-27(28)34-29)36-42(38,39)25-10-7-9-22(18-25)33-30(37)17-21-8-3-4-11-26(21)32/h3-15,18-19H,16-17H2,1-2H3,(H,33,37)(H,35,36). The van der Waals surface area contributed by atoms with E-state index < -0.39 is 10.0 Å². The van der Waals surface area contributed by atoms with Crippen LogP contribution in [0.4, 0.5) is 11.5 Å². The molecule has 1 aromatic heterocycles. The van der Waals surface area contributed by atoms with E-state index >= 15 is 0 Å². The van der Waals surface area contributed by atoms with Crippen LogP contribution in [0.1, 0.15) is 16.8 Å². The molecule has 1 heterocycles. The topological polar surface area (TPSA) is 120 Å². The van der Waals surface area contributed by atoms with Crippen molar-refractivity contribution in [2.45, 2.75) is 17.7 Å². The summed E-state index contributed by atoms with van der Waals surface area (Å²) < 4.78 is 40.5. The molecule has 0 aliphatic carbocycles. The zero-order valence-electron chi connectivity index (χ0n) is 22.8. The fraction of sp³-hybridized carbons (Fsp3) is 0.129. The second kappa shape index (κ2) is 12.5. The van der Waals surface area contributed by atoms with Crippen LogP contribution in [0.25, 0.3) is 11.0 Å². The Morgan fingerprint density at radius 3 is 2.19 bits per heavy atom. The molecule has 0 saturated carbocycles. The van der Waals surface area contributed by atoms with Gasteiger partial charge in [-0.25, -0.2) is 18.4 Å². The molecule has 5 rings (SSSR count). The van der Waals surface area contributed by atoms with Gasteiger partial charge >= 0.3 is 0 Å². The zero-order valence-corrected chi connectivity index (χ0v) is 24.4. The highest BCUT2D eigenvalue weighted by Crippen LogP contribution is 2.28. The van der Waals surface area contributed by atoms with E-state index in [4.69, 9.17) is 26.1 Å². The Labute approximate surface area is 248 Å². The van der Waals surface area contributed by atoms with Gasteiger partial charge in [-0.05, 0) is 59.7 Å². The van der Waals surface area contributed by atoms with Crippen LogP contribution in [-0.2, 0) is 27.7 Å². The molecule has 0 unspecified atom stereocenters. The molecule has 0 saturated heterocycles. The van der Waals surface area contributed by atoms with Gasteiger partial charge in [-0.2, -0.15) is 0 Å². The molecule has 1 amide bonds. The van der Waals surface area contributed by atoms with Gasteiger partial charge in [0, 0.05) is 23.2 Å². The van der Waals surface area contributed by atoms with Gasteiger partial charge in [-0.1, -0.05) is 48.0 Å². The largest absolute Gasteiger partial charge is 0.497 e. The van der Waals surface area contributed by atoms with Gasteiger partial charge in [0.05, 0.1) is 42.3 Å². The number of nitrogens with zero attached hydrogens (tertiary/aromatic N) is 2.